The van der Waals surface area contributed by atoms with Gasteiger partial charge in [-0.25, -0.2) is 13.6 Å². The van der Waals surface area contributed by atoms with Crippen molar-refractivity contribution in [2.75, 3.05) is 51.0 Å². The number of nitrogens with two attached hydrogens (primary N) is 1. The van der Waals surface area contributed by atoms with Crippen LogP contribution in [0.5, 0.6) is 6.01 Å². The molecule has 2 N–H and O–H groups in total. The van der Waals surface area contributed by atoms with Gasteiger partial charge in [-0.3, -0.25) is 9.69 Å². The maximum Gasteiger partial charge on any atom is 0.417 e. The van der Waals surface area contributed by atoms with Crippen LogP contribution in [0.1, 0.15) is 38.2 Å². The number of carbonyl (C=O) groups is 1. The van der Waals surface area contributed by atoms with E-state index in [1.807, 2.05) is 6.92 Å². The maximum absolute atomic E-state index is 17.2. The molecule has 10 nitrogen and oxygen atoms in total. The third-order valence-electron chi connectivity index (χ3n) is 10.9. The van der Waals surface area contributed by atoms with Gasteiger partial charge in [0.1, 0.15) is 23.8 Å². The average Bonchev–Trinajstić information content (AvgIpc) is 3.87. The summed E-state index contributed by atoms with van der Waals surface area (Å²) in [4.78, 5) is 30.5. The van der Waals surface area contributed by atoms with E-state index in [2.05, 4.69) is 26.3 Å². The van der Waals surface area contributed by atoms with Gasteiger partial charge in [-0.2, -0.15) is 23.1 Å². The van der Waals surface area contributed by atoms with Crippen molar-refractivity contribution < 1.29 is 36.2 Å². The minimum atomic E-state index is -5.10. The number of nitrogens with zero attached hydrogens (tertiary/aromatic N) is 6. The smallest absolute Gasteiger partial charge is 0.417 e. The number of benzene rings is 2. The van der Waals surface area contributed by atoms with Crippen LogP contribution in [0.3, 0.4) is 0 Å². The number of halogens is 5. The van der Waals surface area contributed by atoms with E-state index in [0.29, 0.717) is 30.7 Å². The molecule has 1 amide bonds. The highest BCUT2D eigenvalue weighted by Crippen LogP contribution is 2.51. The van der Waals surface area contributed by atoms with Crippen LogP contribution in [0.25, 0.3) is 37.0 Å². The number of likely N-dealkylation sites (tertiary alicyclic amines) is 1. The summed E-state index contributed by atoms with van der Waals surface area (Å²) in [6.07, 6.45) is -1.00. The fourth-order valence-electron chi connectivity index (χ4n) is 8.35. The number of anilines is 2. The van der Waals surface area contributed by atoms with Crippen LogP contribution in [-0.2, 0) is 15.7 Å². The molecule has 0 spiro atoms. The molecule has 4 aromatic rings. The molecule has 3 fully saturated rings. The molecule has 3 saturated heterocycles. The topological polar surface area (TPSA) is 101 Å². The summed E-state index contributed by atoms with van der Waals surface area (Å²) in [5, 5.41) is -0.561. The van der Waals surface area contributed by atoms with E-state index in [0.717, 1.165) is 44.1 Å². The average molecular weight is 742 g/mol. The third-order valence-corrected chi connectivity index (χ3v) is 12.0. The van der Waals surface area contributed by atoms with Crippen LogP contribution >= 0.6 is 11.3 Å². The number of aromatic nitrogens is 2. The molecule has 3 aliphatic heterocycles. The zero-order valence-corrected chi connectivity index (χ0v) is 29.5. The SMILES string of the molecule is [C-]#[N+]c1c(N)sc2c(F)ccc(-c3c(C(F)(F)F)cc4c(N(C)C5CCN(C(=O)C=C)[C@@H]5C)nc(OC[C@@]56CCCN5C[C@H](OC)C6)nc4c3F)c12. The van der Waals surface area contributed by atoms with E-state index in [9.17, 15) is 9.18 Å². The molecule has 16 heteroatoms. The summed E-state index contributed by atoms with van der Waals surface area (Å²) in [6, 6.07) is 1.69. The van der Waals surface area contributed by atoms with Gasteiger partial charge in [0.25, 0.3) is 0 Å². The molecular formula is C36H36F5N7O3S. The molecule has 0 radical (unpaired) electrons. The van der Waals surface area contributed by atoms with E-state index >= 15 is 17.6 Å². The first-order chi connectivity index (χ1) is 24.7. The van der Waals surface area contributed by atoms with Gasteiger partial charge in [0.15, 0.2) is 5.82 Å². The molecule has 7 rings (SSSR count). The standard InChI is InChI=1S/C36H36F5N7O3S/c1-6-25(49)48-13-10-24(18(48)2)46(4)33-21-14-22(36(39,40)41)26(20-8-9-23(37)31-27(20)30(43-3)32(42)52-31)28(38)29(21)44-34(45-33)51-17-35-11-7-12-47(35)16-19(15-35)50-5/h6,8-9,14,18-19,24H,1,7,10-13,15-17,42H2,2,4-5H3/t18-,19-,24?,35+/m1/s1. The first-order valence-electron chi connectivity index (χ1n) is 16.8. The Labute approximate surface area is 300 Å². The summed E-state index contributed by atoms with van der Waals surface area (Å²) in [5.74, 6) is -2.46. The fraction of sp³-hybridized carbons (Fsp3) is 0.444. The van der Waals surface area contributed by atoms with Gasteiger partial charge in [0, 0.05) is 49.6 Å². The number of hydrogen-bond acceptors (Lipinski definition) is 9. The van der Waals surface area contributed by atoms with E-state index in [4.69, 9.17) is 21.8 Å². The third kappa shape index (κ3) is 5.69. The van der Waals surface area contributed by atoms with Crippen LogP contribution < -0.4 is 15.4 Å². The molecule has 4 atom stereocenters. The number of amides is 1. The highest BCUT2D eigenvalue weighted by Gasteiger charge is 2.49. The monoisotopic (exact) mass is 741 g/mol. The second-order valence-electron chi connectivity index (χ2n) is 13.6. The molecule has 52 heavy (non-hydrogen) atoms. The van der Waals surface area contributed by atoms with E-state index in [1.54, 1.807) is 24.0 Å². The summed E-state index contributed by atoms with van der Waals surface area (Å²) in [6.45, 7) is 15.1. The number of nitrogen functional groups attached to an aromatic ring is 1. The summed E-state index contributed by atoms with van der Waals surface area (Å²) >= 11 is 0.702. The minimum absolute atomic E-state index is 0.00646. The number of likely N-dealkylation sites (N-methyl/N-ethyl adjacent to an activating group) is 1. The second-order valence-corrected chi connectivity index (χ2v) is 14.7. The number of hydrogen-bond donors (Lipinski definition) is 1. The Morgan fingerprint density at radius 1 is 1.29 bits per heavy atom. The number of fused-ring (bicyclic) bond motifs is 3. The van der Waals surface area contributed by atoms with Crippen molar-refractivity contribution in [3.05, 3.63) is 59.5 Å². The number of methoxy groups -OCH3 is 1. The van der Waals surface area contributed by atoms with E-state index in [-0.39, 0.29) is 67.7 Å². The van der Waals surface area contributed by atoms with Gasteiger partial charge in [0.05, 0.1) is 39.5 Å². The Morgan fingerprint density at radius 3 is 2.75 bits per heavy atom. The zero-order chi connectivity index (χ0) is 37.3. The molecule has 1 unspecified atom stereocenters. The predicted molar refractivity (Wildman–Crippen MR) is 189 cm³/mol. The van der Waals surface area contributed by atoms with Crippen LogP contribution in [0.4, 0.5) is 38.5 Å². The lowest BCUT2D eigenvalue weighted by molar-refractivity contribution is -0.137. The van der Waals surface area contributed by atoms with Crippen molar-refractivity contribution in [2.45, 2.75) is 62.5 Å². The first-order valence-corrected chi connectivity index (χ1v) is 17.6. The van der Waals surface area contributed by atoms with Gasteiger partial charge in [-0.1, -0.05) is 12.6 Å². The van der Waals surface area contributed by atoms with Crippen molar-refractivity contribution >= 4 is 54.7 Å². The van der Waals surface area contributed by atoms with Crippen molar-refractivity contribution in [2.24, 2.45) is 0 Å². The van der Waals surface area contributed by atoms with Gasteiger partial charge in [0.2, 0.25) is 11.6 Å². The normalized spacial score (nSPS) is 23.4. The zero-order valence-electron chi connectivity index (χ0n) is 28.7. The number of carbonyl (C=O) groups excluding carboxylic acids is 1. The molecule has 0 bridgehead atoms. The van der Waals surface area contributed by atoms with Crippen LogP contribution in [-0.4, -0.2) is 89.8 Å². The molecule has 0 saturated carbocycles. The Hall–Kier alpha value is -4.59. The lowest BCUT2D eigenvalue weighted by Gasteiger charge is -2.33. The second kappa shape index (κ2) is 13.1. The largest absolute Gasteiger partial charge is 0.461 e. The highest BCUT2D eigenvalue weighted by atomic mass is 32.1. The quantitative estimate of drug-likeness (QED) is 0.115. The fourth-order valence-corrected chi connectivity index (χ4v) is 9.29. The number of ether oxygens (including phenoxy) is 2. The Morgan fingerprint density at radius 2 is 2.06 bits per heavy atom. The minimum Gasteiger partial charge on any atom is -0.461 e. The summed E-state index contributed by atoms with van der Waals surface area (Å²) in [5.41, 5.74) is 2.28. The summed E-state index contributed by atoms with van der Waals surface area (Å²) in [7, 11) is 3.28. The van der Waals surface area contributed by atoms with Crippen LogP contribution in [0, 0.1) is 18.2 Å². The van der Waals surface area contributed by atoms with E-state index < -0.39 is 46.5 Å². The van der Waals surface area contributed by atoms with Gasteiger partial charge < -0.3 is 25.0 Å². The lowest BCUT2D eigenvalue weighted by atomic mass is 9.93. The van der Waals surface area contributed by atoms with Gasteiger partial charge >= 0.3 is 12.2 Å². The van der Waals surface area contributed by atoms with Crippen LogP contribution in [0.2, 0.25) is 0 Å². The maximum atomic E-state index is 17.2. The lowest BCUT2D eigenvalue weighted by Crippen LogP contribution is -2.44. The first kappa shape index (κ1) is 35.8. The highest BCUT2D eigenvalue weighted by molar-refractivity contribution is 7.23. The van der Waals surface area contributed by atoms with Crippen molar-refractivity contribution in [3.63, 3.8) is 0 Å². The summed E-state index contributed by atoms with van der Waals surface area (Å²) < 4.78 is 89.1. The molecular weight excluding hydrogens is 705 g/mol. The van der Waals surface area contributed by atoms with E-state index in [1.165, 1.54) is 6.08 Å². The molecule has 2 aromatic heterocycles. The number of thiophene rings is 1. The molecule has 5 heterocycles. The molecule has 3 aliphatic rings. The van der Waals surface area contributed by atoms with Crippen LogP contribution in [0.15, 0.2) is 30.9 Å². The molecule has 0 aliphatic carbocycles. The number of alkyl halides is 3. The van der Waals surface area contributed by atoms with Crippen molar-refractivity contribution in [1.82, 2.24) is 19.8 Å². The Bertz CT molecular complexity index is 2150. The Kier molecular flexibility index (Phi) is 9.03. The molecule has 274 valence electrons. The Balaban J connectivity index is 1.44. The van der Waals surface area contributed by atoms with Crippen molar-refractivity contribution in [1.29, 1.82) is 0 Å². The van der Waals surface area contributed by atoms with Gasteiger partial charge in [-0.15, -0.1) is 11.3 Å². The number of rotatable bonds is 8. The van der Waals surface area contributed by atoms with Gasteiger partial charge in [-0.05, 0) is 62.9 Å². The molecule has 2 aromatic carbocycles. The van der Waals surface area contributed by atoms with Crippen molar-refractivity contribution in [3.8, 4) is 17.1 Å². The predicted octanol–water partition coefficient (Wildman–Crippen LogP) is 7.19.